The third kappa shape index (κ3) is 4.10. The van der Waals surface area contributed by atoms with E-state index < -0.39 is 0 Å². The number of rotatable bonds is 4. The van der Waals surface area contributed by atoms with E-state index >= 15 is 0 Å². The van der Waals surface area contributed by atoms with Gasteiger partial charge in [0, 0.05) is 0 Å². The molecule has 0 aliphatic heterocycles. The molecule has 9 rings (SSSR count). The van der Waals surface area contributed by atoms with Crippen LogP contribution in [0, 0.1) is 0 Å². The average Bonchev–Trinajstić information content (AvgIpc) is 3.67. The van der Waals surface area contributed by atoms with Gasteiger partial charge in [0.1, 0.15) is 0 Å². The summed E-state index contributed by atoms with van der Waals surface area (Å²) in [5, 5.41) is 4.82. The van der Waals surface area contributed by atoms with Crippen molar-refractivity contribution in [1.29, 1.82) is 0 Å². The van der Waals surface area contributed by atoms with Gasteiger partial charge >= 0.3 is 242 Å². The molecule has 5 heteroatoms. The molecule has 3 heterocycles. The number of para-hydroxylation sites is 1. The summed E-state index contributed by atoms with van der Waals surface area (Å²) < 4.78 is 8.91. The summed E-state index contributed by atoms with van der Waals surface area (Å²) in [7, 11) is 0. The van der Waals surface area contributed by atoms with Gasteiger partial charge in [-0.25, -0.2) is 0 Å². The van der Waals surface area contributed by atoms with Gasteiger partial charge in [-0.1, -0.05) is 12.1 Å². The fourth-order valence-electron chi connectivity index (χ4n) is 6.11. The Balaban J connectivity index is 1.26. The van der Waals surface area contributed by atoms with Crippen LogP contribution in [0.1, 0.15) is 0 Å². The summed E-state index contributed by atoms with van der Waals surface area (Å²) in [4.78, 5) is 15.2. The van der Waals surface area contributed by atoms with E-state index in [0.29, 0.717) is 17.5 Å². The van der Waals surface area contributed by atoms with E-state index in [1.54, 1.807) is 0 Å². The predicted octanol–water partition coefficient (Wildman–Crippen LogP) is 9.80. The summed E-state index contributed by atoms with van der Waals surface area (Å²) in [6, 6.07) is 48.3. The first-order valence-electron chi connectivity index (χ1n) is 14.5. The average molecular weight is 629 g/mol. The Morgan fingerprint density at radius 2 is 1.05 bits per heavy atom. The molecule has 0 N–H and O–H groups in total. The Hall–Kier alpha value is -5.35. The van der Waals surface area contributed by atoms with Crippen LogP contribution in [0.2, 0.25) is 0 Å². The van der Waals surface area contributed by atoms with Crippen molar-refractivity contribution in [3.8, 4) is 45.3 Å². The predicted molar refractivity (Wildman–Crippen MR) is 181 cm³/mol. The molecule has 0 saturated carbocycles. The number of benzene rings is 6. The second kappa shape index (κ2) is 10.1. The topological polar surface area (TPSA) is 51.8 Å². The molecular formula is C39H23N3OSe. The molecule has 6 aromatic carbocycles. The van der Waals surface area contributed by atoms with Gasteiger partial charge in [0.05, 0.1) is 0 Å². The second-order valence-corrected chi connectivity index (χ2v) is 13.0. The van der Waals surface area contributed by atoms with E-state index in [1.165, 1.54) is 19.3 Å². The van der Waals surface area contributed by atoms with Gasteiger partial charge in [-0.15, -0.1) is 0 Å². The first kappa shape index (κ1) is 25.2. The molecule has 0 fully saturated rings. The van der Waals surface area contributed by atoms with E-state index in [4.69, 9.17) is 19.4 Å². The number of fused-ring (bicyclic) bond motifs is 6. The van der Waals surface area contributed by atoms with Crippen LogP contribution < -0.4 is 0 Å². The third-order valence-electron chi connectivity index (χ3n) is 8.15. The second-order valence-electron chi connectivity index (χ2n) is 10.8. The Morgan fingerprint density at radius 3 is 1.95 bits per heavy atom. The molecular weight excluding hydrogens is 605 g/mol. The Bertz CT molecular complexity index is 2510. The van der Waals surface area contributed by atoms with Gasteiger partial charge in [-0.3, -0.25) is 0 Å². The van der Waals surface area contributed by atoms with Crippen molar-refractivity contribution in [3.63, 3.8) is 0 Å². The minimum absolute atomic E-state index is 0.175. The molecule has 0 unspecified atom stereocenters. The Kier molecular flexibility index (Phi) is 5.80. The molecule has 0 saturated heterocycles. The van der Waals surface area contributed by atoms with E-state index in [1.807, 2.05) is 36.4 Å². The molecule has 206 valence electrons. The van der Waals surface area contributed by atoms with Crippen molar-refractivity contribution in [2.45, 2.75) is 0 Å². The van der Waals surface area contributed by atoms with Gasteiger partial charge in [0.2, 0.25) is 0 Å². The maximum absolute atomic E-state index is 6.19. The van der Waals surface area contributed by atoms with Crippen LogP contribution in [-0.2, 0) is 0 Å². The van der Waals surface area contributed by atoms with Crippen LogP contribution in [0.3, 0.4) is 0 Å². The van der Waals surface area contributed by atoms with Crippen molar-refractivity contribution >= 4 is 55.7 Å². The standard InChI is InChI=1S/C39H23N3OSe/c1-2-11-24(12-3-1)37-40-38(42-39(41-37)31-19-9-18-29-28-15-5-7-22-34(28)44-36(29)31)26-14-8-13-25(23-26)27-17-10-21-33-35(27)30-16-4-6-20-32(30)43-33/h1-23H. The summed E-state index contributed by atoms with van der Waals surface area (Å²) in [5.41, 5.74) is 6.95. The van der Waals surface area contributed by atoms with Crippen LogP contribution >= 0.6 is 0 Å². The number of nitrogens with zero attached hydrogens (tertiary/aromatic N) is 3. The van der Waals surface area contributed by atoms with E-state index in [0.717, 1.165) is 49.8 Å². The van der Waals surface area contributed by atoms with Crippen molar-refractivity contribution in [1.82, 2.24) is 15.0 Å². The van der Waals surface area contributed by atoms with Gasteiger partial charge in [-0.2, -0.15) is 0 Å². The summed E-state index contributed by atoms with van der Waals surface area (Å²) >= 11 is 0.175. The van der Waals surface area contributed by atoms with Crippen molar-refractivity contribution in [2.24, 2.45) is 0 Å². The molecule has 44 heavy (non-hydrogen) atoms. The van der Waals surface area contributed by atoms with Crippen LogP contribution in [0.4, 0.5) is 0 Å². The summed E-state index contributed by atoms with van der Waals surface area (Å²) in [6.45, 7) is 0. The molecule has 0 atom stereocenters. The fourth-order valence-corrected chi connectivity index (χ4v) is 8.65. The first-order chi connectivity index (χ1) is 21.8. The molecule has 0 aliphatic carbocycles. The molecule has 9 aromatic rings. The molecule has 0 amide bonds. The van der Waals surface area contributed by atoms with Gasteiger partial charge in [0.25, 0.3) is 0 Å². The van der Waals surface area contributed by atoms with Crippen molar-refractivity contribution in [3.05, 3.63) is 140 Å². The quantitative estimate of drug-likeness (QED) is 0.182. The number of aromatic nitrogens is 3. The van der Waals surface area contributed by atoms with Crippen molar-refractivity contribution < 1.29 is 4.42 Å². The maximum atomic E-state index is 6.19. The van der Waals surface area contributed by atoms with Crippen LogP contribution in [0.5, 0.6) is 0 Å². The molecule has 0 radical (unpaired) electrons. The molecule has 0 spiro atoms. The van der Waals surface area contributed by atoms with Crippen LogP contribution in [-0.4, -0.2) is 29.5 Å². The van der Waals surface area contributed by atoms with Gasteiger partial charge in [0.15, 0.2) is 0 Å². The Morgan fingerprint density at radius 1 is 0.432 bits per heavy atom. The number of furan rings is 1. The summed E-state index contributed by atoms with van der Waals surface area (Å²) in [6.07, 6.45) is 0. The molecule has 0 aliphatic rings. The first-order valence-corrected chi connectivity index (χ1v) is 16.2. The minimum atomic E-state index is 0.175. The third-order valence-corrected chi connectivity index (χ3v) is 10.7. The normalized spacial score (nSPS) is 11.6. The fraction of sp³-hybridized carbons (Fsp3) is 0. The number of hydrogen-bond donors (Lipinski definition) is 0. The van der Waals surface area contributed by atoms with Crippen molar-refractivity contribution in [2.75, 3.05) is 0 Å². The monoisotopic (exact) mass is 629 g/mol. The van der Waals surface area contributed by atoms with Crippen LogP contribution in [0.15, 0.2) is 144 Å². The Labute approximate surface area is 259 Å². The van der Waals surface area contributed by atoms with Crippen LogP contribution in [0.25, 0.3) is 86.5 Å². The zero-order chi connectivity index (χ0) is 29.0. The molecule has 0 bridgehead atoms. The number of hydrogen-bond acceptors (Lipinski definition) is 4. The zero-order valence-electron chi connectivity index (χ0n) is 23.4. The molecule has 4 nitrogen and oxygen atoms in total. The van der Waals surface area contributed by atoms with E-state index in [2.05, 4.69) is 103 Å². The summed E-state index contributed by atoms with van der Waals surface area (Å²) in [5.74, 6) is 2.02. The molecule has 3 aromatic heterocycles. The van der Waals surface area contributed by atoms with E-state index in [9.17, 15) is 0 Å². The van der Waals surface area contributed by atoms with E-state index in [-0.39, 0.29) is 14.5 Å². The van der Waals surface area contributed by atoms with Gasteiger partial charge < -0.3 is 0 Å². The van der Waals surface area contributed by atoms with Gasteiger partial charge in [-0.05, 0) is 6.07 Å². The SMILES string of the molecule is c1ccc(-c2nc(-c3cccc(-c4cccc5oc6ccccc6c45)c3)nc(-c3cccc4c3[se]c3ccccc34)n2)cc1. The zero-order valence-corrected chi connectivity index (χ0v) is 25.2.